The summed E-state index contributed by atoms with van der Waals surface area (Å²) in [5, 5.41) is 11.4. The largest absolute Gasteiger partial charge is 0.493 e. The molecular weight excluding hydrogens is 686 g/mol. The van der Waals surface area contributed by atoms with Crippen molar-refractivity contribution in [1.29, 1.82) is 5.26 Å². The molecule has 5 aromatic rings. The molecule has 1 atom stereocenters. The fourth-order valence-electron chi connectivity index (χ4n) is 5.18. The molecule has 0 aliphatic carbocycles. The molecule has 3 aromatic carbocycles. The summed E-state index contributed by atoms with van der Waals surface area (Å²) in [5.74, 6) is 0.410. The van der Waals surface area contributed by atoms with Gasteiger partial charge in [-0.2, -0.15) is 5.26 Å². The summed E-state index contributed by atoms with van der Waals surface area (Å²) in [6.45, 7) is 2.11. The molecule has 1 aliphatic rings. The fourth-order valence-corrected chi connectivity index (χ4v) is 7.57. The second-order valence-corrected chi connectivity index (χ2v) is 12.9. The van der Waals surface area contributed by atoms with Crippen molar-refractivity contribution in [1.82, 2.24) is 4.57 Å². The molecule has 0 bridgehead atoms. The number of esters is 1. The lowest BCUT2D eigenvalue weighted by Gasteiger charge is -2.24. The van der Waals surface area contributed by atoms with Crippen molar-refractivity contribution in [2.24, 2.45) is 4.99 Å². The van der Waals surface area contributed by atoms with Gasteiger partial charge in [0.25, 0.3) is 5.56 Å². The van der Waals surface area contributed by atoms with Gasteiger partial charge < -0.3 is 14.2 Å². The highest BCUT2D eigenvalue weighted by Gasteiger charge is 2.35. The maximum Gasteiger partial charge on any atom is 0.338 e. The molecule has 3 heterocycles. The van der Waals surface area contributed by atoms with Crippen LogP contribution in [-0.4, -0.2) is 24.3 Å². The maximum atomic E-state index is 14.1. The number of halogens is 1. The zero-order chi connectivity index (χ0) is 32.2. The molecule has 0 saturated heterocycles. The van der Waals surface area contributed by atoms with Crippen LogP contribution in [-0.2, 0) is 16.1 Å². The van der Waals surface area contributed by atoms with Gasteiger partial charge >= 0.3 is 5.97 Å². The Kier molecular flexibility index (Phi) is 9.30. The summed E-state index contributed by atoms with van der Waals surface area (Å²) >= 11 is 6.31. The molecule has 0 amide bonds. The average molecular weight is 713 g/mol. The van der Waals surface area contributed by atoms with Crippen LogP contribution < -0.4 is 24.4 Å². The number of hydrogen-bond acceptors (Lipinski definition) is 9. The first kappa shape index (κ1) is 31.2. The number of nitrogens with zero attached hydrogens (tertiary/aromatic N) is 3. The van der Waals surface area contributed by atoms with Crippen LogP contribution in [0.3, 0.4) is 0 Å². The van der Waals surface area contributed by atoms with Crippen molar-refractivity contribution in [2.45, 2.75) is 19.6 Å². The van der Waals surface area contributed by atoms with E-state index >= 15 is 0 Å². The summed E-state index contributed by atoms with van der Waals surface area (Å²) < 4.78 is 19.9. The number of rotatable bonds is 9. The normalized spacial score (nSPS) is 14.3. The number of carbonyl (C=O) groups excluding carboxylic acids is 1. The van der Waals surface area contributed by atoms with Gasteiger partial charge in [-0.1, -0.05) is 65.9 Å². The second kappa shape index (κ2) is 13.7. The van der Waals surface area contributed by atoms with Gasteiger partial charge in [0.15, 0.2) is 16.3 Å². The Balaban J connectivity index is 1.46. The topological polar surface area (TPSA) is 103 Å². The molecule has 0 spiro atoms. The number of aromatic nitrogens is 1. The molecule has 46 heavy (non-hydrogen) atoms. The van der Waals surface area contributed by atoms with Gasteiger partial charge in [0.1, 0.15) is 12.6 Å². The minimum Gasteiger partial charge on any atom is -0.493 e. The molecule has 0 unspecified atom stereocenters. The van der Waals surface area contributed by atoms with E-state index in [-0.39, 0.29) is 18.8 Å². The van der Waals surface area contributed by atoms with Crippen molar-refractivity contribution in [3.05, 3.63) is 141 Å². The van der Waals surface area contributed by atoms with E-state index in [9.17, 15) is 14.9 Å². The van der Waals surface area contributed by atoms with E-state index in [4.69, 9.17) is 19.2 Å². The summed E-state index contributed by atoms with van der Waals surface area (Å²) in [6.07, 6.45) is 1.77. The summed E-state index contributed by atoms with van der Waals surface area (Å²) in [6, 6.07) is 25.6. The van der Waals surface area contributed by atoms with E-state index in [1.807, 2.05) is 66.0 Å². The van der Waals surface area contributed by atoms with Crippen LogP contribution in [0, 0.1) is 11.3 Å². The third-order valence-electron chi connectivity index (χ3n) is 7.25. The molecular formula is C35H26BrN3O5S2. The lowest BCUT2D eigenvalue weighted by atomic mass is 9.97. The number of ether oxygens (including phenoxy) is 3. The van der Waals surface area contributed by atoms with Crippen molar-refractivity contribution < 1.29 is 19.0 Å². The third-order valence-corrected chi connectivity index (χ3v) is 9.74. The minimum atomic E-state index is -0.707. The number of nitriles is 1. The van der Waals surface area contributed by atoms with E-state index in [0.717, 1.165) is 16.0 Å². The van der Waals surface area contributed by atoms with Gasteiger partial charge in [0.2, 0.25) is 0 Å². The Labute approximate surface area is 280 Å². The van der Waals surface area contributed by atoms with Gasteiger partial charge in [-0.15, -0.1) is 11.3 Å². The molecule has 0 N–H and O–H groups in total. The van der Waals surface area contributed by atoms with Gasteiger partial charge in [-0.25, -0.2) is 9.79 Å². The molecule has 1 aliphatic heterocycles. The van der Waals surface area contributed by atoms with Crippen molar-refractivity contribution in [3.8, 4) is 17.6 Å². The quantitative estimate of drug-likeness (QED) is 0.168. The van der Waals surface area contributed by atoms with Crippen LogP contribution >= 0.6 is 38.6 Å². The van der Waals surface area contributed by atoms with Crippen LogP contribution in [0.15, 0.2) is 104 Å². The highest BCUT2D eigenvalue weighted by atomic mass is 79.9. The molecule has 0 fully saturated rings. The van der Waals surface area contributed by atoms with Crippen LogP contribution in [0.4, 0.5) is 0 Å². The fraction of sp³-hybridized carbons (Fsp3) is 0.143. The number of hydrogen-bond donors (Lipinski definition) is 0. The summed E-state index contributed by atoms with van der Waals surface area (Å²) in [7, 11) is 1.54. The number of fused-ring (bicyclic) bond motifs is 1. The predicted octanol–water partition coefficient (Wildman–Crippen LogP) is 6.22. The van der Waals surface area contributed by atoms with E-state index in [1.165, 1.54) is 22.7 Å². The van der Waals surface area contributed by atoms with E-state index in [0.29, 0.717) is 47.7 Å². The molecule has 6 rings (SSSR count). The molecule has 8 nitrogen and oxygen atoms in total. The molecule has 0 radical (unpaired) electrons. The van der Waals surface area contributed by atoms with Crippen LogP contribution in [0.25, 0.3) is 11.8 Å². The van der Waals surface area contributed by atoms with Crippen molar-refractivity contribution in [2.75, 3.05) is 13.7 Å². The Hall–Kier alpha value is -4.76. The van der Waals surface area contributed by atoms with Crippen LogP contribution in [0.2, 0.25) is 0 Å². The minimum absolute atomic E-state index is 0.173. The van der Waals surface area contributed by atoms with Gasteiger partial charge in [0, 0.05) is 16.0 Å². The number of methoxy groups -OCH3 is 1. The standard InChI is InChI=1S/C35H26BrN3O5S2/c1-3-43-34(41)29-30(22-10-5-4-6-11-22)38-35-39(31(29)27-14-9-15-45-27)33(40)28(46-35)18-21-16-25(36)32(26(17-21)42-2)44-20-24-13-8-7-12-23(24)19-37/h4-18,31H,3,20H2,1-2H3/b28-18-/t31-/m1/s1. The van der Waals surface area contributed by atoms with Crippen LogP contribution in [0.5, 0.6) is 11.5 Å². The predicted molar refractivity (Wildman–Crippen MR) is 182 cm³/mol. The molecule has 11 heteroatoms. The SMILES string of the molecule is CCOC(=O)C1=C(c2ccccc2)N=c2s/c(=C\c3cc(Br)c(OCc4ccccc4C#N)c(OC)c3)c(=O)n2[C@@H]1c1cccs1. The zero-order valence-electron chi connectivity index (χ0n) is 24.7. The van der Waals surface area contributed by atoms with Gasteiger partial charge in [0.05, 0.1) is 45.6 Å². The highest BCUT2D eigenvalue weighted by Crippen LogP contribution is 2.38. The van der Waals surface area contributed by atoms with Gasteiger partial charge in [-0.05, 0) is 64.1 Å². The Bertz CT molecular complexity index is 2180. The first-order chi connectivity index (χ1) is 22.4. The van der Waals surface area contributed by atoms with Crippen LogP contribution in [0.1, 0.15) is 40.1 Å². The Morgan fingerprint density at radius 3 is 2.61 bits per heavy atom. The Morgan fingerprint density at radius 1 is 1.11 bits per heavy atom. The smallest absolute Gasteiger partial charge is 0.338 e. The zero-order valence-corrected chi connectivity index (χ0v) is 27.9. The lowest BCUT2D eigenvalue weighted by Crippen LogP contribution is -2.39. The Morgan fingerprint density at radius 2 is 1.89 bits per heavy atom. The molecule has 2 aromatic heterocycles. The number of thiazole rings is 1. The molecule has 0 saturated carbocycles. The van der Waals surface area contributed by atoms with Gasteiger partial charge in [-0.3, -0.25) is 9.36 Å². The lowest BCUT2D eigenvalue weighted by molar-refractivity contribution is -0.138. The summed E-state index contributed by atoms with van der Waals surface area (Å²) in [5.41, 5.74) is 3.26. The second-order valence-electron chi connectivity index (χ2n) is 10.0. The number of benzene rings is 3. The average Bonchev–Trinajstić information content (AvgIpc) is 3.72. The summed E-state index contributed by atoms with van der Waals surface area (Å²) in [4.78, 5) is 33.8. The maximum absolute atomic E-state index is 14.1. The van der Waals surface area contributed by atoms with E-state index < -0.39 is 12.0 Å². The first-order valence-electron chi connectivity index (χ1n) is 14.2. The van der Waals surface area contributed by atoms with E-state index in [1.54, 1.807) is 42.9 Å². The van der Waals surface area contributed by atoms with Crippen molar-refractivity contribution >= 4 is 56.3 Å². The third kappa shape index (κ3) is 6.07. The molecule has 230 valence electrons. The van der Waals surface area contributed by atoms with Crippen molar-refractivity contribution in [3.63, 3.8) is 0 Å². The van der Waals surface area contributed by atoms with E-state index in [2.05, 4.69) is 22.0 Å². The monoisotopic (exact) mass is 711 g/mol. The number of thiophene rings is 1. The highest BCUT2D eigenvalue weighted by molar-refractivity contribution is 9.10. The first-order valence-corrected chi connectivity index (χ1v) is 16.7. The number of carbonyl (C=O) groups is 1.